The van der Waals surface area contributed by atoms with Crippen molar-refractivity contribution in [3.05, 3.63) is 30.5 Å². The first-order chi connectivity index (χ1) is 7.31. The Morgan fingerprint density at radius 1 is 1.33 bits per heavy atom. The second-order valence-corrected chi connectivity index (χ2v) is 3.24. The van der Waals surface area contributed by atoms with E-state index in [0.717, 1.165) is 24.5 Å². The predicted octanol–water partition coefficient (Wildman–Crippen LogP) is 1.20. The standard InChI is InChI=1S/C10H13N5/c1-2-3-8-12-6-7-15(8)9-4-5-13-10(11)14-9/h4-7H,2-3H2,1H3,(H2,11,13,14). The number of imidazole rings is 1. The number of aromatic nitrogens is 4. The minimum Gasteiger partial charge on any atom is -0.368 e. The first-order valence-electron chi connectivity index (χ1n) is 4.92. The maximum absolute atomic E-state index is 5.53. The fraction of sp³-hybridized carbons (Fsp3) is 0.300. The first kappa shape index (κ1) is 9.64. The van der Waals surface area contributed by atoms with E-state index in [2.05, 4.69) is 21.9 Å². The number of nitrogens with two attached hydrogens (primary N) is 1. The number of anilines is 1. The summed E-state index contributed by atoms with van der Waals surface area (Å²) in [6.07, 6.45) is 7.28. The highest BCUT2D eigenvalue weighted by Gasteiger charge is 2.05. The topological polar surface area (TPSA) is 69.6 Å². The number of rotatable bonds is 3. The molecule has 15 heavy (non-hydrogen) atoms. The van der Waals surface area contributed by atoms with Crippen molar-refractivity contribution in [3.8, 4) is 5.82 Å². The largest absolute Gasteiger partial charge is 0.368 e. The molecular formula is C10H13N5. The van der Waals surface area contributed by atoms with Crippen molar-refractivity contribution < 1.29 is 0 Å². The summed E-state index contributed by atoms with van der Waals surface area (Å²) in [5, 5.41) is 0. The van der Waals surface area contributed by atoms with Crippen LogP contribution in [0, 0.1) is 0 Å². The normalized spacial score (nSPS) is 10.5. The molecule has 0 amide bonds. The fourth-order valence-electron chi connectivity index (χ4n) is 1.45. The lowest BCUT2D eigenvalue weighted by molar-refractivity contribution is 0.797. The van der Waals surface area contributed by atoms with Crippen molar-refractivity contribution in [2.75, 3.05) is 5.73 Å². The minimum atomic E-state index is 0.281. The van der Waals surface area contributed by atoms with Crippen LogP contribution in [0.2, 0.25) is 0 Å². The van der Waals surface area contributed by atoms with E-state index in [4.69, 9.17) is 5.73 Å². The molecule has 2 rings (SSSR count). The van der Waals surface area contributed by atoms with Crippen molar-refractivity contribution >= 4 is 5.95 Å². The SMILES string of the molecule is CCCc1nccn1-c1ccnc(N)n1. The maximum Gasteiger partial charge on any atom is 0.221 e. The van der Waals surface area contributed by atoms with Gasteiger partial charge in [-0.15, -0.1) is 0 Å². The predicted molar refractivity (Wildman–Crippen MR) is 57.6 cm³/mol. The molecule has 0 saturated heterocycles. The van der Waals surface area contributed by atoms with Gasteiger partial charge in [0.1, 0.15) is 11.6 Å². The van der Waals surface area contributed by atoms with Gasteiger partial charge in [0.25, 0.3) is 0 Å². The summed E-state index contributed by atoms with van der Waals surface area (Å²) >= 11 is 0. The van der Waals surface area contributed by atoms with Crippen LogP contribution in [0.25, 0.3) is 5.82 Å². The van der Waals surface area contributed by atoms with Crippen LogP contribution in [-0.4, -0.2) is 19.5 Å². The van der Waals surface area contributed by atoms with Crippen molar-refractivity contribution in [2.24, 2.45) is 0 Å². The Morgan fingerprint density at radius 3 is 2.93 bits per heavy atom. The molecule has 0 fully saturated rings. The third-order valence-electron chi connectivity index (χ3n) is 2.10. The Labute approximate surface area is 88.0 Å². The summed E-state index contributed by atoms with van der Waals surface area (Å²) in [5.74, 6) is 2.04. The van der Waals surface area contributed by atoms with E-state index in [1.165, 1.54) is 0 Å². The molecule has 5 heteroatoms. The van der Waals surface area contributed by atoms with Crippen LogP contribution in [0.1, 0.15) is 19.2 Å². The minimum absolute atomic E-state index is 0.281. The molecule has 0 bridgehead atoms. The number of nitrogens with zero attached hydrogens (tertiary/aromatic N) is 4. The molecule has 2 aromatic rings. The molecule has 78 valence electrons. The number of hydrogen-bond acceptors (Lipinski definition) is 4. The molecule has 0 aromatic carbocycles. The molecule has 0 aliphatic heterocycles. The van der Waals surface area contributed by atoms with Gasteiger partial charge in [-0.3, -0.25) is 4.57 Å². The zero-order chi connectivity index (χ0) is 10.7. The highest BCUT2D eigenvalue weighted by Crippen LogP contribution is 2.09. The van der Waals surface area contributed by atoms with Crippen molar-refractivity contribution in [1.29, 1.82) is 0 Å². The third-order valence-corrected chi connectivity index (χ3v) is 2.10. The molecule has 2 N–H and O–H groups in total. The van der Waals surface area contributed by atoms with Crippen LogP contribution in [0.3, 0.4) is 0 Å². The zero-order valence-electron chi connectivity index (χ0n) is 8.59. The molecule has 0 aliphatic carbocycles. The fourth-order valence-corrected chi connectivity index (χ4v) is 1.45. The van der Waals surface area contributed by atoms with Gasteiger partial charge in [-0.2, -0.15) is 4.98 Å². The lowest BCUT2D eigenvalue weighted by Gasteiger charge is -2.05. The summed E-state index contributed by atoms with van der Waals surface area (Å²) in [6, 6.07) is 1.82. The Morgan fingerprint density at radius 2 is 2.20 bits per heavy atom. The third kappa shape index (κ3) is 1.96. The van der Waals surface area contributed by atoms with E-state index in [9.17, 15) is 0 Å². The molecule has 0 atom stereocenters. The maximum atomic E-state index is 5.53. The molecule has 0 spiro atoms. The zero-order valence-corrected chi connectivity index (χ0v) is 8.59. The van der Waals surface area contributed by atoms with Gasteiger partial charge in [-0.1, -0.05) is 6.92 Å². The summed E-state index contributed by atoms with van der Waals surface area (Å²) in [6.45, 7) is 2.12. The highest BCUT2D eigenvalue weighted by molar-refractivity contribution is 5.29. The van der Waals surface area contributed by atoms with Crippen molar-refractivity contribution in [2.45, 2.75) is 19.8 Å². The van der Waals surface area contributed by atoms with Crippen LogP contribution in [0.4, 0.5) is 5.95 Å². The van der Waals surface area contributed by atoms with Crippen LogP contribution >= 0.6 is 0 Å². The molecular weight excluding hydrogens is 190 g/mol. The molecule has 0 aliphatic rings. The lowest BCUT2D eigenvalue weighted by atomic mass is 10.3. The van der Waals surface area contributed by atoms with E-state index >= 15 is 0 Å². The molecule has 2 aromatic heterocycles. The number of aryl methyl sites for hydroxylation is 1. The Kier molecular flexibility index (Phi) is 2.62. The van der Waals surface area contributed by atoms with Gasteiger partial charge in [-0.05, 0) is 12.5 Å². The first-order valence-corrected chi connectivity index (χ1v) is 4.92. The highest BCUT2D eigenvalue weighted by atomic mass is 15.2. The number of nitrogen functional groups attached to an aromatic ring is 1. The van der Waals surface area contributed by atoms with E-state index < -0.39 is 0 Å². The number of hydrogen-bond donors (Lipinski definition) is 1. The Balaban J connectivity index is 2.40. The summed E-state index contributed by atoms with van der Waals surface area (Å²) < 4.78 is 1.93. The van der Waals surface area contributed by atoms with Crippen LogP contribution in [0.15, 0.2) is 24.7 Å². The Bertz CT molecular complexity index is 449. The van der Waals surface area contributed by atoms with Crippen molar-refractivity contribution in [3.63, 3.8) is 0 Å². The van der Waals surface area contributed by atoms with E-state index in [-0.39, 0.29) is 5.95 Å². The second kappa shape index (κ2) is 4.08. The molecule has 0 saturated carbocycles. The van der Waals surface area contributed by atoms with Gasteiger partial charge in [0.05, 0.1) is 0 Å². The van der Waals surface area contributed by atoms with Crippen LogP contribution in [0.5, 0.6) is 0 Å². The van der Waals surface area contributed by atoms with Gasteiger partial charge in [0.15, 0.2) is 0 Å². The smallest absolute Gasteiger partial charge is 0.221 e. The second-order valence-electron chi connectivity index (χ2n) is 3.24. The molecule has 5 nitrogen and oxygen atoms in total. The molecule has 0 unspecified atom stereocenters. The van der Waals surface area contributed by atoms with E-state index in [1.54, 1.807) is 12.4 Å². The van der Waals surface area contributed by atoms with Gasteiger partial charge >= 0.3 is 0 Å². The summed E-state index contributed by atoms with van der Waals surface area (Å²) in [5.41, 5.74) is 5.53. The van der Waals surface area contributed by atoms with Crippen molar-refractivity contribution in [1.82, 2.24) is 19.5 Å². The van der Waals surface area contributed by atoms with E-state index in [1.807, 2.05) is 16.8 Å². The lowest BCUT2D eigenvalue weighted by Crippen LogP contribution is -2.04. The quantitative estimate of drug-likeness (QED) is 0.813. The van der Waals surface area contributed by atoms with Crippen LogP contribution < -0.4 is 5.73 Å². The Hall–Kier alpha value is -1.91. The monoisotopic (exact) mass is 203 g/mol. The van der Waals surface area contributed by atoms with Gasteiger partial charge in [0, 0.05) is 25.0 Å². The summed E-state index contributed by atoms with van der Waals surface area (Å²) in [4.78, 5) is 12.3. The summed E-state index contributed by atoms with van der Waals surface area (Å²) in [7, 11) is 0. The van der Waals surface area contributed by atoms with E-state index in [0.29, 0.717) is 0 Å². The van der Waals surface area contributed by atoms with Gasteiger partial charge in [0.2, 0.25) is 5.95 Å². The van der Waals surface area contributed by atoms with Gasteiger partial charge in [-0.25, -0.2) is 9.97 Å². The molecule has 2 heterocycles. The van der Waals surface area contributed by atoms with Gasteiger partial charge < -0.3 is 5.73 Å². The average molecular weight is 203 g/mol. The average Bonchev–Trinajstić information content (AvgIpc) is 2.66. The molecule has 0 radical (unpaired) electrons. The van der Waals surface area contributed by atoms with Crippen LogP contribution in [-0.2, 0) is 6.42 Å².